The van der Waals surface area contributed by atoms with Crippen LogP contribution in [-0.4, -0.2) is 44.1 Å². The second-order valence-corrected chi connectivity index (χ2v) is 4.85. The molecule has 88 valence electrons. The molecule has 1 saturated carbocycles. The van der Waals surface area contributed by atoms with Gasteiger partial charge in [0.05, 0.1) is 6.10 Å². The Labute approximate surface area is 97.9 Å². The van der Waals surface area contributed by atoms with Gasteiger partial charge in [-0.25, -0.2) is 0 Å². The van der Waals surface area contributed by atoms with Crippen molar-refractivity contribution in [3.05, 3.63) is 18.0 Å². The van der Waals surface area contributed by atoms with Crippen molar-refractivity contribution in [2.24, 2.45) is 0 Å². The van der Waals surface area contributed by atoms with Gasteiger partial charge in [0.15, 0.2) is 11.5 Å². The molecule has 2 fully saturated rings. The Morgan fingerprint density at radius 1 is 1.18 bits per heavy atom. The zero-order chi connectivity index (χ0) is 11.4. The Bertz CT molecular complexity index is 570. The van der Waals surface area contributed by atoms with Gasteiger partial charge in [0.2, 0.25) is 0 Å². The largest absolute Gasteiger partial charge is 0.389 e. The molecular weight excluding hydrogens is 218 g/mol. The Morgan fingerprint density at radius 2 is 2.00 bits per heavy atom. The molecule has 1 N–H and O–H groups in total. The summed E-state index contributed by atoms with van der Waals surface area (Å²) in [4.78, 5) is 2.06. The average Bonchev–Trinajstić information content (AvgIpc) is 3.05. The molecule has 2 aromatic rings. The fourth-order valence-corrected chi connectivity index (χ4v) is 2.20. The first kappa shape index (κ1) is 9.35. The van der Waals surface area contributed by atoms with Crippen LogP contribution in [0.1, 0.15) is 24.6 Å². The van der Waals surface area contributed by atoms with E-state index in [0.717, 1.165) is 17.3 Å². The lowest BCUT2D eigenvalue weighted by molar-refractivity contribution is 0.141. The number of aromatic nitrogens is 4. The zero-order valence-corrected chi connectivity index (χ0v) is 9.32. The molecular formula is C11H13N5O. The van der Waals surface area contributed by atoms with Gasteiger partial charge in [-0.05, 0) is 25.0 Å². The van der Waals surface area contributed by atoms with Crippen LogP contribution in [0.15, 0.2) is 12.1 Å². The van der Waals surface area contributed by atoms with Crippen LogP contribution in [-0.2, 0) is 0 Å². The van der Waals surface area contributed by atoms with Gasteiger partial charge in [-0.15, -0.1) is 15.3 Å². The zero-order valence-electron chi connectivity index (χ0n) is 9.32. The Balaban J connectivity index is 1.76. The standard InChI is InChI=1S/C11H13N5O/c17-8-5-15(6-8)10-4-3-9-12-13-11(7-1-2-7)16(9)14-10/h3-4,7-8,17H,1-2,5-6H2. The number of aliphatic hydroxyl groups excluding tert-OH is 1. The maximum absolute atomic E-state index is 9.30. The summed E-state index contributed by atoms with van der Waals surface area (Å²) >= 11 is 0. The molecule has 6 heteroatoms. The number of aliphatic hydroxyl groups is 1. The van der Waals surface area contributed by atoms with Gasteiger partial charge in [0, 0.05) is 19.0 Å². The molecule has 6 nitrogen and oxygen atoms in total. The predicted octanol–water partition coefficient (Wildman–Crippen LogP) is 0.183. The van der Waals surface area contributed by atoms with Gasteiger partial charge in [-0.3, -0.25) is 0 Å². The van der Waals surface area contributed by atoms with Crippen molar-refractivity contribution in [1.82, 2.24) is 19.8 Å². The summed E-state index contributed by atoms with van der Waals surface area (Å²) in [7, 11) is 0. The van der Waals surface area contributed by atoms with Crippen molar-refractivity contribution in [1.29, 1.82) is 0 Å². The molecule has 0 bridgehead atoms. The highest BCUT2D eigenvalue weighted by molar-refractivity contribution is 5.48. The lowest BCUT2D eigenvalue weighted by Gasteiger charge is -2.36. The SMILES string of the molecule is OC1CN(c2ccc3nnc(C4CC4)n3n2)C1. The summed E-state index contributed by atoms with van der Waals surface area (Å²) in [6, 6.07) is 3.87. The monoisotopic (exact) mass is 231 g/mol. The van der Waals surface area contributed by atoms with Gasteiger partial charge >= 0.3 is 0 Å². The number of fused-ring (bicyclic) bond motifs is 1. The number of hydrogen-bond donors (Lipinski definition) is 1. The molecule has 1 aliphatic heterocycles. The molecule has 2 aromatic heterocycles. The molecule has 0 spiro atoms. The van der Waals surface area contributed by atoms with Crippen LogP contribution in [0.3, 0.4) is 0 Å². The molecule has 0 radical (unpaired) electrons. The topological polar surface area (TPSA) is 66.5 Å². The van der Waals surface area contributed by atoms with E-state index in [9.17, 15) is 5.11 Å². The Morgan fingerprint density at radius 3 is 2.71 bits per heavy atom. The fourth-order valence-electron chi connectivity index (χ4n) is 2.20. The quantitative estimate of drug-likeness (QED) is 0.798. The summed E-state index contributed by atoms with van der Waals surface area (Å²) in [5.74, 6) is 2.40. The molecule has 0 aromatic carbocycles. The lowest BCUT2D eigenvalue weighted by atomic mass is 10.2. The van der Waals surface area contributed by atoms with Crippen LogP contribution >= 0.6 is 0 Å². The highest BCUT2D eigenvalue weighted by Gasteiger charge is 2.30. The maximum atomic E-state index is 9.30. The minimum atomic E-state index is -0.212. The van der Waals surface area contributed by atoms with Crippen molar-refractivity contribution in [3.63, 3.8) is 0 Å². The number of anilines is 1. The van der Waals surface area contributed by atoms with E-state index in [1.807, 2.05) is 16.6 Å². The van der Waals surface area contributed by atoms with E-state index < -0.39 is 0 Å². The van der Waals surface area contributed by atoms with Crippen molar-refractivity contribution < 1.29 is 5.11 Å². The lowest BCUT2D eigenvalue weighted by Crippen LogP contribution is -2.51. The molecule has 4 rings (SSSR count). The normalized spacial score (nSPS) is 20.9. The highest BCUT2D eigenvalue weighted by atomic mass is 16.3. The first-order valence-electron chi connectivity index (χ1n) is 5.96. The second-order valence-electron chi connectivity index (χ2n) is 4.85. The number of nitrogens with zero attached hydrogens (tertiary/aromatic N) is 5. The second kappa shape index (κ2) is 3.16. The van der Waals surface area contributed by atoms with Crippen LogP contribution < -0.4 is 4.90 Å². The Hall–Kier alpha value is -1.69. The molecule has 0 amide bonds. The van der Waals surface area contributed by atoms with E-state index in [-0.39, 0.29) is 6.10 Å². The molecule has 1 saturated heterocycles. The summed E-state index contributed by atoms with van der Waals surface area (Å²) in [6.07, 6.45) is 2.17. The molecule has 3 heterocycles. The van der Waals surface area contributed by atoms with E-state index in [2.05, 4.69) is 20.2 Å². The average molecular weight is 231 g/mol. The van der Waals surface area contributed by atoms with Crippen LogP contribution in [0.25, 0.3) is 5.65 Å². The fraction of sp³-hybridized carbons (Fsp3) is 0.545. The van der Waals surface area contributed by atoms with Crippen LogP contribution in [0, 0.1) is 0 Å². The summed E-state index contributed by atoms with van der Waals surface area (Å²) in [5.41, 5.74) is 0.803. The van der Waals surface area contributed by atoms with E-state index in [1.54, 1.807) is 0 Å². The molecule has 17 heavy (non-hydrogen) atoms. The van der Waals surface area contributed by atoms with Gasteiger partial charge in [-0.2, -0.15) is 4.52 Å². The molecule has 1 aliphatic carbocycles. The molecule has 0 unspecified atom stereocenters. The van der Waals surface area contributed by atoms with Crippen LogP contribution in [0.4, 0.5) is 5.82 Å². The van der Waals surface area contributed by atoms with Crippen molar-refractivity contribution in [2.75, 3.05) is 18.0 Å². The van der Waals surface area contributed by atoms with Crippen LogP contribution in [0.5, 0.6) is 0 Å². The van der Waals surface area contributed by atoms with E-state index in [1.165, 1.54) is 12.8 Å². The third kappa shape index (κ3) is 1.40. The first-order valence-corrected chi connectivity index (χ1v) is 5.96. The third-order valence-electron chi connectivity index (χ3n) is 3.40. The van der Waals surface area contributed by atoms with Crippen LogP contribution in [0.2, 0.25) is 0 Å². The van der Waals surface area contributed by atoms with E-state index in [4.69, 9.17) is 0 Å². The number of rotatable bonds is 2. The van der Waals surface area contributed by atoms with Gasteiger partial charge < -0.3 is 10.0 Å². The Kier molecular flexibility index (Phi) is 1.74. The van der Waals surface area contributed by atoms with Crippen molar-refractivity contribution in [3.8, 4) is 0 Å². The van der Waals surface area contributed by atoms with Gasteiger partial charge in [0.1, 0.15) is 5.82 Å². The van der Waals surface area contributed by atoms with E-state index >= 15 is 0 Å². The predicted molar refractivity (Wildman–Crippen MR) is 61.0 cm³/mol. The van der Waals surface area contributed by atoms with E-state index in [0.29, 0.717) is 19.0 Å². The summed E-state index contributed by atoms with van der Waals surface area (Å²) in [5, 5.41) is 22.2. The summed E-state index contributed by atoms with van der Waals surface area (Å²) in [6.45, 7) is 1.33. The third-order valence-corrected chi connectivity index (χ3v) is 3.40. The minimum absolute atomic E-state index is 0.212. The summed E-state index contributed by atoms with van der Waals surface area (Å²) < 4.78 is 1.84. The molecule has 2 aliphatic rings. The highest BCUT2D eigenvalue weighted by Crippen LogP contribution is 2.38. The molecule has 0 atom stereocenters. The number of β-amino-alcohol motifs (C(OH)–C–C–N with tert-alkyl or cyclic N) is 1. The van der Waals surface area contributed by atoms with Crippen molar-refractivity contribution >= 4 is 11.5 Å². The first-order chi connectivity index (χ1) is 8.31. The minimum Gasteiger partial charge on any atom is -0.389 e. The van der Waals surface area contributed by atoms with Gasteiger partial charge in [0.25, 0.3) is 0 Å². The van der Waals surface area contributed by atoms with Crippen molar-refractivity contribution in [2.45, 2.75) is 24.9 Å². The smallest absolute Gasteiger partial charge is 0.178 e. The number of hydrogen-bond acceptors (Lipinski definition) is 5. The maximum Gasteiger partial charge on any atom is 0.178 e. The van der Waals surface area contributed by atoms with Gasteiger partial charge in [-0.1, -0.05) is 0 Å².